The van der Waals surface area contributed by atoms with E-state index in [1.165, 1.54) is 11.8 Å². The van der Waals surface area contributed by atoms with Crippen LogP contribution in [0.25, 0.3) is 0 Å². The van der Waals surface area contributed by atoms with E-state index < -0.39 is 5.91 Å². The highest BCUT2D eigenvalue weighted by Crippen LogP contribution is 2.25. The van der Waals surface area contributed by atoms with Crippen molar-refractivity contribution in [1.29, 1.82) is 0 Å². The van der Waals surface area contributed by atoms with E-state index in [9.17, 15) is 9.59 Å². The highest BCUT2D eigenvalue weighted by atomic mass is 32.2. The summed E-state index contributed by atoms with van der Waals surface area (Å²) >= 11 is 1.35. The Hall–Kier alpha value is -3.07. The highest BCUT2D eigenvalue weighted by Gasteiger charge is 2.24. The fraction of sp³-hybridized carbons (Fsp3) is 0.364. The predicted octanol–water partition coefficient (Wildman–Crippen LogP) is 2.87. The average Bonchev–Trinajstić information content (AvgIpc) is 3.41. The molecule has 0 aliphatic carbocycles. The van der Waals surface area contributed by atoms with Crippen molar-refractivity contribution in [1.82, 2.24) is 19.7 Å². The molecule has 3 aromatic rings. The molecule has 2 heterocycles. The number of hydrogen-bond acceptors (Lipinski definition) is 6. The van der Waals surface area contributed by atoms with Crippen LogP contribution in [0.1, 0.15) is 37.4 Å². The number of carbonyl (C=O) groups is 2. The largest absolute Gasteiger partial charge is 0.467 e. The van der Waals surface area contributed by atoms with E-state index in [1.54, 1.807) is 6.26 Å². The summed E-state index contributed by atoms with van der Waals surface area (Å²) < 4.78 is 7.34. The fourth-order valence-corrected chi connectivity index (χ4v) is 4.11. The van der Waals surface area contributed by atoms with E-state index in [-0.39, 0.29) is 17.6 Å². The van der Waals surface area contributed by atoms with Crippen LogP contribution in [0.5, 0.6) is 0 Å². The minimum Gasteiger partial charge on any atom is -0.467 e. The van der Waals surface area contributed by atoms with Gasteiger partial charge >= 0.3 is 0 Å². The minimum absolute atomic E-state index is 0.0302. The smallest absolute Gasteiger partial charge is 0.236 e. The lowest BCUT2D eigenvalue weighted by molar-refractivity contribution is -0.130. The zero-order valence-corrected chi connectivity index (χ0v) is 18.5. The molecule has 1 aromatic carbocycles. The maximum Gasteiger partial charge on any atom is 0.236 e. The van der Waals surface area contributed by atoms with Gasteiger partial charge in [0.1, 0.15) is 11.6 Å². The Morgan fingerprint density at radius 3 is 2.61 bits per heavy atom. The maximum atomic E-state index is 13.1. The molecule has 1 unspecified atom stereocenters. The second kappa shape index (κ2) is 10.8. The van der Waals surface area contributed by atoms with Crippen LogP contribution in [0.4, 0.5) is 0 Å². The monoisotopic (exact) mass is 441 g/mol. The molecule has 164 valence electrons. The SMILES string of the molecule is CCN(Cc1ccccc1)C(=O)C(C)Sc1nnc(CCC(N)=O)n1Cc1ccco1. The molecule has 2 N–H and O–H groups in total. The van der Waals surface area contributed by atoms with Gasteiger partial charge in [-0.05, 0) is 31.5 Å². The van der Waals surface area contributed by atoms with Gasteiger partial charge in [-0.3, -0.25) is 14.2 Å². The number of rotatable bonds is 11. The summed E-state index contributed by atoms with van der Waals surface area (Å²) in [4.78, 5) is 26.2. The van der Waals surface area contributed by atoms with Gasteiger partial charge < -0.3 is 15.1 Å². The van der Waals surface area contributed by atoms with Crippen molar-refractivity contribution in [3.05, 3.63) is 65.9 Å². The molecule has 0 saturated carbocycles. The third-order valence-electron chi connectivity index (χ3n) is 4.82. The molecular formula is C22H27N5O3S. The standard InChI is InChI=1S/C22H27N5O3S/c1-3-26(14-17-8-5-4-6-9-17)21(29)16(2)31-22-25-24-20(12-11-19(23)28)27(22)15-18-10-7-13-30-18/h4-10,13,16H,3,11-12,14-15H2,1-2H3,(H2,23,28). The number of thioether (sulfide) groups is 1. The Bertz CT molecular complexity index is 988. The van der Waals surface area contributed by atoms with Gasteiger partial charge in [0.05, 0.1) is 18.1 Å². The van der Waals surface area contributed by atoms with Crippen molar-refractivity contribution in [3.8, 4) is 0 Å². The van der Waals surface area contributed by atoms with E-state index in [4.69, 9.17) is 10.2 Å². The molecule has 0 bridgehead atoms. The van der Waals surface area contributed by atoms with E-state index in [2.05, 4.69) is 10.2 Å². The number of amides is 2. The molecular weight excluding hydrogens is 414 g/mol. The Labute approximate surface area is 185 Å². The lowest BCUT2D eigenvalue weighted by Gasteiger charge is -2.24. The molecule has 0 spiro atoms. The molecule has 8 nitrogen and oxygen atoms in total. The van der Waals surface area contributed by atoms with Crippen LogP contribution >= 0.6 is 11.8 Å². The third-order valence-corrected chi connectivity index (χ3v) is 5.89. The zero-order valence-electron chi connectivity index (χ0n) is 17.7. The van der Waals surface area contributed by atoms with E-state index >= 15 is 0 Å². The first-order valence-electron chi connectivity index (χ1n) is 10.2. The number of furan rings is 1. The van der Waals surface area contributed by atoms with Crippen LogP contribution in [-0.4, -0.2) is 43.3 Å². The highest BCUT2D eigenvalue weighted by molar-refractivity contribution is 8.00. The minimum atomic E-state index is -0.398. The first kappa shape index (κ1) is 22.6. The van der Waals surface area contributed by atoms with Crippen molar-refractivity contribution < 1.29 is 14.0 Å². The van der Waals surface area contributed by atoms with Gasteiger partial charge in [-0.2, -0.15) is 0 Å². The number of aromatic nitrogens is 3. The van der Waals surface area contributed by atoms with Gasteiger partial charge in [-0.1, -0.05) is 42.1 Å². The van der Waals surface area contributed by atoms with Crippen LogP contribution in [0, 0.1) is 0 Å². The molecule has 0 aliphatic heterocycles. The number of nitrogens with zero attached hydrogens (tertiary/aromatic N) is 4. The molecule has 2 aromatic heterocycles. The quantitative estimate of drug-likeness (QED) is 0.459. The number of primary amides is 1. The molecule has 0 saturated heterocycles. The first-order valence-corrected chi connectivity index (χ1v) is 11.1. The number of hydrogen-bond donors (Lipinski definition) is 1. The van der Waals surface area contributed by atoms with Crippen molar-refractivity contribution in [3.63, 3.8) is 0 Å². The second-order valence-corrected chi connectivity index (χ2v) is 8.44. The van der Waals surface area contributed by atoms with Crippen molar-refractivity contribution in [2.45, 2.75) is 50.2 Å². The van der Waals surface area contributed by atoms with Crippen molar-refractivity contribution in [2.75, 3.05) is 6.54 Å². The van der Waals surface area contributed by atoms with Gasteiger partial charge in [0.25, 0.3) is 0 Å². The second-order valence-electron chi connectivity index (χ2n) is 7.13. The molecule has 31 heavy (non-hydrogen) atoms. The molecule has 3 rings (SSSR count). The summed E-state index contributed by atoms with van der Waals surface area (Å²) in [5, 5.41) is 8.76. The molecule has 0 aliphatic rings. The van der Waals surface area contributed by atoms with E-state index in [0.29, 0.717) is 37.0 Å². The number of aryl methyl sites for hydroxylation is 1. The normalized spacial score (nSPS) is 11.9. The third kappa shape index (κ3) is 6.21. The van der Waals surface area contributed by atoms with E-state index in [1.807, 2.05) is 65.8 Å². The zero-order chi connectivity index (χ0) is 22.2. The summed E-state index contributed by atoms with van der Waals surface area (Å²) in [5.74, 6) is 1.00. The Morgan fingerprint density at radius 2 is 1.97 bits per heavy atom. The summed E-state index contributed by atoms with van der Waals surface area (Å²) in [6.07, 6.45) is 2.15. The molecule has 0 radical (unpaired) electrons. The molecule has 1 atom stereocenters. The number of nitrogens with two attached hydrogens (primary N) is 1. The Morgan fingerprint density at radius 1 is 1.19 bits per heavy atom. The van der Waals surface area contributed by atoms with E-state index in [0.717, 1.165) is 11.3 Å². The van der Waals surface area contributed by atoms with Gasteiger partial charge in [0, 0.05) is 25.9 Å². The number of benzene rings is 1. The summed E-state index contributed by atoms with van der Waals surface area (Å²) in [7, 11) is 0. The number of carbonyl (C=O) groups excluding carboxylic acids is 2. The lowest BCUT2D eigenvalue weighted by atomic mass is 10.2. The van der Waals surface area contributed by atoms with Gasteiger partial charge in [0.15, 0.2) is 5.16 Å². The maximum absolute atomic E-state index is 13.1. The topological polar surface area (TPSA) is 107 Å². The average molecular weight is 442 g/mol. The Kier molecular flexibility index (Phi) is 7.88. The van der Waals surface area contributed by atoms with Crippen molar-refractivity contribution in [2.24, 2.45) is 5.73 Å². The van der Waals surface area contributed by atoms with Crippen LogP contribution < -0.4 is 5.73 Å². The summed E-state index contributed by atoms with van der Waals surface area (Å²) in [5.41, 5.74) is 6.38. The van der Waals surface area contributed by atoms with Crippen LogP contribution in [0.15, 0.2) is 58.3 Å². The lowest BCUT2D eigenvalue weighted by Crippen LogP contribution is -2.36. The van der Waals surface area contributed by atoms with Gasteiger partial charge in [-0.15, -0.1) is 10.2 Å². The fourth-order valence-electron chi connectivity index (χ4n) is 3.16. The van der Waals surface area contributed by atoms with Gasteiger partial charge in [0.2, 0.25) is 11.8 Å². The van der Waals surface area contributed by atoms with Crippen LogP contribution in [-0.2, 0) is 29.1 Å². The molecule has 0 fully saturated rings. The van der Waals surface area contributed by atoms with Crippen molar-refractivity contribution >= 4 is 23.6 Å². The Balaban J connectivity index is 1.74. The van der Waals surface area contributed by atoms with Crippen LogP contribution in [0.2, 0.25) is 0 Å². The van der Waals surface area contributed by atoms with Gasteiger partial charge in [-0.25, -0.2) is 0 Å². The summed E-state index contributed by atoms with van der Waals surface area (Å²) in [6, 6.07) is 13.6. The predicted molar refractivity (Wildman–Crippen MR) is 118 cm³/mol. The molecule has 2 amide bonds. The summed E-state index contributed by atoms with van der Waals surface area (Å²) in [6.45, 7) is 5.43. The van der Waals surface area contributed by atoms with Crippen LogP contribution in [0.3, 0.4) is 0 Å². The first-order chi connectivity index (χ1) is 15.0. The molecule has 9 heteroatoms.